The number of aromatic nitrogens is 2. The molecule has 7 heteroatoms. The second-order valence-corrected chi connectivity index (χ2v) is 6.89. The van der Waals surface area contributed by atoms with Gasteiger partial charge in [0.15, 0.2) is 5.96 Å². The summed E-state index contributed by atoms with van der Waals surface area (Å²) < 4.78 is 7.31. The average Bonchev–Trinajstić information content (AvgIpc) is 3.04. The molecule has 2 heterocycles. The summed E-state index contributed by atoms with van der Waals surface area (Å²) in [5.41, 5.74) is 3.23. The number of rotatable bonds is 6. The normalized spacial score (nSPS) is 13.2. The van der Waals surface area contributed by atoms with Gasteiger partial charge in [-0.15, -0.1) is 0 Å². The number of nitrogens with zero attached hydrogens (tertiary/aromatic N) is 4. The topological polar surface area (TPSA) is 58.6 Å². The van der Waals surface area contributed by atoms with Crippen LogP contribution in [0.15, 0.2) is 21.8 Å². The molecule has 1 unspecified atom stereocenters. The van der Waals surface area contributed by atoms with Crippen LogP contribution in [0, 0.1) is 13.8 Å². The summed E-state index contributed by atoms with van der Waals surface area (Å²) in [6, 6.07) is 1.98. The lowest BCUT2D eigenvalue weighted by atomic mass is 10.00. The first-order valence-electron chi connectivity index (χ1n) is 8.56. The minimum absolute atomic E-state index is 0.248. The Morgan fingerprint density at radius 2 is 2.20 bits per heavy atom. The first-order valence-corrected chi connectivity index (χ1v) is 8.94. The van der Waals surface area contributed by atoms with Gasteiger partial charge in [0.25, 0.3) is 0 Å². The van der Waals surface area contributed by atoms with Gasteiger partial charge in [-0.25, -0.2) is 0 Å². The van der Waals surface area contributed by atoms with Gasteiger partial charge in [-0.3, -0.25) is 4.99 Å². The number of nitrogens with one attached hydrogen (secondary N) is 1. The van der Waals surface area contributed by atoms with Gasteiger partial charge in [-0.1, -0.05) is 23.7 Å². The van der Waals surface area contributed by atoms with Crippen molar-refractivity contribution in [3.05, 3.63) is 40.0 Å². The van der Waals surface area contributed by atoms with Crippen LogP contribution in [0.1, 0.15) is 42.5 Å². The van der Waals surface area contributed by atoms with E-state index in [9.17, 15) is 0 Å². The molecule has 0 saturated carbocycles. The van der Waals surface area contributed by atoms with Crippen LogP contribution in [0.2, 0.25) is 5.02 Å². The molecule has 0 radical (unpaired) electrons. The first-order chi connectivity index (χ1) is 11.8. The molecule has 0 amide bonds. The van der Waals surface area contributed by atoms with E-state index in [0.29, 0.717) is 6.54 Å². The second-order valence-electron chi connectivity index (χ2n) is 6.45. The van der Waals surface area contributed by atoms with Gasteiger partial charge >= 0.3 is 0 Å². The molecule has 0 saturated heterocycles. The molecule has 2 aromatic rings. The molecule has 0 bridgehead atoms. The Bertz CT molecular complexity index is 714. The third-order valence-corrected chi connectivity index (χ3v) is 4.47. The molecular weight excluding hydrogens is 338 g/mol. The fourth-order valence-electron chi connectivity index (χ4n) is 3.02. The largest absolute Gasteiger partial charge is 0.361 e. The van der Waals surface area contributed by atoms with Crippen LogP contribution in [0.4, 0.5) is 0 Å². The second kappa shape index (κ2) is 8.43. The molecule has 6 nitrogen and oxygen atoms in total. The van der Waals surface area contributed by atoms with Gasteiger partial charge in [-0.05, 0) is 26.8 Å². The van der Waals surface area contributed by atoms with Crippen molar-refractivity contribution in [2.75, 3.05) is 20.1 Å². The summed E-state index contributed by atoms with van der Waals surface area (Å²) in [7, 11) is 4.03. The number of halogens is 1. The number of hydrogen-bond donors (Lipinski definition) is 1. The fraction of sp³-hybridized carbons (Fsp3) is 0.556. The Labute approximate surface area is 154 Å². The number of aliphatic imine (C=N–C) groups is 1. The van der Waals surface area contributed by atoms with Crippen molar-refractivity contribution < 1.29 is 4.52 Å². The average molecular weight is 366 g/mol. The predicted octanol–water partition coefficient (Wildman–Crippen LogP) is 3.48. The summed E-state index contributed by atoms with van der Waals surface area (Å²) in [6.07, 6.45) is 1.91. The highest BCUT2D eigenvalue weighted by Crippen LogP contribution is 2.23. The molecule has 0 aliphatic carbocycles. The van der Waals surface area contributed by atoms with Crippen LogP contribution >= 0.6 is 11.6 Å². The molecule has 1 atom stereocenters. The lowest BCUT2D eigenvalue weighted by Crippen LogP contribution is -2.39. The Morgan fingerprint density at radius 3 is 2.72 bits per heavy atom. The van der Waals surface area contributed by atoms with Crippen molar-refractivity contribution in [2.24, 2.45) is 12.0 Å². The summed E-state index contributed by atoms with van der Waals surface area (Å²) in [5, 5.41) is 8.14. The van der Waals surface area contributed by atoms with Crippen LogP contribution < -0.4 is 5.32 Å². The van der Waals surface area contributed by atoms with Crippen molar-refractivity contribution in [3.8, 4) is 0 Å². The quantitative estimate of drug-likeness (QED) is 0.629. The summed E-state index contributed by atoms with van der Waals surface area (Å²) in [4.78, 5) is 6.91. The minimum atomic E-state index is 0.248. The maximum atomic E-state index is 6.08. The Balaban J connectivity index is 2.10. The molecule has 0 aromatic carbocycles. The Morgan fingerprint density at radius 1 is 1.48 bits per heavy atom. The van der Waals surface area contributed by atoms with E-state index in [1.165, 1.54) is 0 Å². The zero-order valence-electron chi connectivity index (χ0n) is 15.9. The van der Waals surface area contributed by atoms with E-state index in [-0.39, 0.29) is 5.92 Å². The highest BCUT2D eigenvalue weighted by atomic mass is 35.5. The van der Waals surface area contributed by atoms with E-state index in [0.717, 1.165) is 46.8 Å². The molecule has 138 valence electrons. The van der Waals surface area contributed by atoms with Crippen molar-refractivity contribution >= 4 is 17.6 Å². The van der Waals surface area contributed by atoms with E-state index in [1.54, 1.807) is 0 Å². The lowest BCUT2D eigenvalue weighted by molar-refractivity contribution is 0.391. The SMILES string of the molecule is CCNC(=NCC(C)c1c(C)noc1C)N(C)Cc1cc(Cl)cn1C. The summed E-state index contributed by atoms with van der Waals surface area (Å²) >= 11 is 6.08. The van der Waals surface area contributed by atoms with Gasteiger partial charge in [0.2, 0.25) is 0 Å². The van der Waals surface area contributed by atoms with E-state index in [4.69, 9.17) is 21.1 Å². The monoisotopic (exact) mass is 365 g/mol. The predicted molar refractivity (Wildman–Crippen MR) is 102 cm³/mol. The summed E-state index contributed by atoms with van der Waals surface area (Å²) in [6.45, 7) is 10.4. The number of aryl methyl sites for hydroxylation is 3. The van der Waals surface area contributed by atoms with Crippen molar-refractivity contribution in [1.82, 2.24) is 19.9 Å². The third kappa shape index (κ3) is 4.78. The molecular formula is C18H28ClN5O. The highest BCUT2D eigenvalue weighted by molar-refractivity contribution is 6.30. The lowest BCUT2D eigenvalue weighted by Gasteiger charge is -2.23. The first kappa shape index (κ1) is 19.4. The van der Waals surface area contributed by atoms with Crippen molar-refractivity contribution in [2.45, 2.75) is 40.2 Å². The molecule has 1 N–H and O–H groups in total. The van der Waals surface area contributed by atoms with Crippen LogP contribution in [0.5, 0.6) is 0 Å². The van der Waals surface area contributed by atoms with Crippen LogP contribution in [0.3, 0.4) is 0 Å². The van der Waals surface area contributed by atoms with Gasteiger partial charge in [0, 0.05) is 50.6 Å². The molecule has 2 rings (SSSR count). The third-order valence-electron chi connectivity index (χ3n) is 4.27. The molecule has 25 heavy (non-hydrogen) atoms. The smallest absolute Gasteiger partial charge is 0.194 e. The van der Waals surface area contributed by atoms with Gasteiger partial charge in [0.05, 0.1) is 17.3 Å². The zero-order chi connectivity index (χ0) is 18.6. The Kier molecular flexibility index (Phi) is 6.53. The van der Waals surface area contributed by atoms with E-state index in [1.807, 2.05) is 44.8 Å². The number of hydrogen-bond acceptors (Lipinski definition) is 3. The molecule has 0 aliphatic rings. The molecule has 0 aliphatic heterocycles. The molecule has 2 aromatic heterocycles. The fourth-order valence-corrected chi connectivity index (χ4v) is 3.29. The zero-order valence-corrected chi connectivity index (χ0v) is 16.7. The minimum Gasteiger partial charge on any atom is -0.361 e. The van der Waals surface area contributed by atoms with Crippen molar-refractivity contribution in [1.29, 1.82) is 0 Å². The van der Waals surface area contributed by atoms with Crippen LogP contribution in [0.25, 0.3) is 0 Å². The highest BCUT2D eigenvalue weighted by Gasteiger charge is 2.17. The van der Waals surface area contributed by atoms with Crippen molar-refractivity contribution in [3.63, 3.8) is 0 Å². The van der Waals surface area contributed by atoms with Crippen LogP contribution in [-0.2, 0) is 13.6 Å². The molecule has 0 spiro atoms. The Hall–Kier alpha value is -1.95. The summed E-state index contributed by atoms with van der Waals surface area (Å²) in [5.74, 6) is 1.99. The van der Waals surface area contributed by atoms with Gasteiger partial charge in [0.1, 0.15) is 5.76 Å². The van der Waals surface area contributed by atoms with E-state index in [2.05, 4.69) is 29.2 Å². The maximum Gasteiger partial charge on any atom is 0.194 e. The van der Waals surface area contributed by atoms with Gasteiger partial charge in [-0.2, -0.15) is 0 Å². The van der Waals surface area contributed by atoms with Gasteiger partial charge < -0.3 is 19.3 Å². The maximum absolute atomic E-state index is 6.08. The molecule has 0 fully saturated rings. The number of guanidine groups is 1. The van der Waals surface area contributed by atoms with Crippen LogP contribution in [-0.4, -0.2) is 40.7 Å². The van der Waals surface area contributed by atoms with E-state index < -0.39 is 0 Å². The van der Waals surface area contributed by atoms with E-state index >= 15 is 0 Å². The standard InChI is InChI=1S/C18H28ClN5O/c1-7-20-18(24(6)11-16-8-15(19)10-23(16)5)21-9-12(2)17-13(3)22-25-14(17)4/h8,10,12H,7,9,11H2,1-6H3,(H,20,21).